The molecule has 0 saturated heterocycles. The summed E-state index contributed by atoms with van der Waals surface area (Å²) < 4.78 is 42.3. The Morgan fingerprint density at radius 3 is 2.67 bits per heavy atom. The van der Waals surface area contributed by atoms with Gasteiger partial charge in [0.1, 0.15) is 4.90 Å². The number of benzene rings is 1. The highest BCUT2D eigenvalue weighted by Gasteiger charge is 2.22. The molecule has 0 saturated carbocycles. The van der Waals surface area contributed by atoms with Crippen LogP contribution in [0.4, 0.5) is 15.8 Å². The number of hydrogen-bond acceptors (Lipinski definition) is 4. The molecule has 1 heterocycles. The van der Waals surface area contributed by atoms with Crippen molar-refractivity contribution in [2.75, 3.05) is 10.5 Å². The van der Waals surface area contributed by atoms with Crippen molar-refractivity contribution in [3.63, 3.8) is 0 Å². The van der Waals surface area contributed by atoms with Crippen LogP contribution in [0, 0.1) is 5.82 Å². The molecule has 1 aromatic carbocycles. The lowest BCUT2D eigenvalue weighted by atomic mass is 10.3. The average Bonchev–Trinajstić information content (AvgIpc) is 2.81. The summed E-state index contributed by atoms with van der Waals surface area (Å²) in [6.07, 6.45) is 2.89. The maximum Gasteiger partial charge on any atom is 0.265 e. The van der Waals surface area contributed by atoms with Crippen LogP contribution < -0.4 is 10.5 Å². The number of halogens is 2. The summed E-state index contributed by atoms with van der Waals surface area (Å²) in [4.78, 5) is -0.522. The van der Waals surface area contributed by atoms with Gasteiger partial charge in [-0.25, -0.2) is 12.8 Å². The van der Waals surface area contributed by atoms with Crippen LogP contribution >= 0.6 is 15.9 Å². The SMILES string of the molecule is CC(C)n1cc(NS(=O)(=O)c2cc(N)cc(Br)c2F)cn1. The van der Waals surface area contributed by atoms with Crippen LogP contribution in [-0.2, 0) is 10.0 Å². The van der Waals surface area contributed by atoms with E-state index in [4.69, 9.17) is 5.73 Å². The largest absolute Gasteiger partial charge is 0.399 e. The van der Waals surface area contributed by atoms with Crippen LogP contribution in [0.25, 0.3) is 0 Å². The minimum Gasteiger partial charge on any atom is -0.399 e. The monoisotopic (exact) mass is 376 g/mol. The van der Waals surface area contributed by atoms with E-state index in [9.17, 15) is 12.8 Å². The lowest BCUT2D eigenvalue weighted by Crippen LogP contribution is -2.15. The first-order chi connectivity index (χ1) is 9.70. The Morgan fingerprint density at radius 2 is 2.10 bits per heavy atom. The summed E-state index contributed by atoms with van der Waals surface area (Å²) in [7, 11) is -4.09. The van der Waals surface area contributed by atoms with E-state index in [2.05, 4.69) is 25.8 Å². The molecule has 0 bridgehead atoms. The molecule has 2 rings (SSSR count). The minimum absolute atomic E-state index is 0.0132. The Hall–Kier alpha value is -1.61. The third-order valence-corrected chi connectivity index (χ3v) is 4.65. The van der Waals surface area contributed by atoms with Gasteiger partial charge in [-0.15, -0.1) is 0 Å². The molecule has 9 heteroatoms. The second-order valence-corrected chi connectivity index (χ2v) is 7.23. The number of nitrogens with zero attached hydrogens (tertiary/aromatic N) is 2. The van der Waals surface area contributed by atoms with E-state index in [0.29, 0.717) is 0 Å². The minimum atomic E-state index is -4.09. The molecule has 0 unspecified atom stereocenters. The molecule has 2 aromatic rings. The summed E-state index contributed by atoms with van der Waals surface area (Å²) in [6.45, 7) is 3.81. The van der Waals surface area contributed by atoms with Gasteiger partial charge in [0.2, 0.25) is 0 Å². The normalized spacial score (nSPS) is 11.9. The molecular weight excluding hydrogens is 363 g/mol. The fourth-order valence-corrected chi connectivity index (χ4v) is 3.43. The number of nitrogen functional groups attached to an aromatic ring is 1. The van der Waals surface area contributed by atoms with Gasteiger partial charge in [-0.2, -0.15) is 5.10 Å². The summed E-state index contributed by atoms with van der Waals surface area (Å²) in [6, 6.07) is 2.45. The highest BCUT2D eigenvalue weighted by Crippen LogP contribution is 2.27. The Kier molecular flexibility index (Phi) is 4.24. The summed E-state index contributed by atoms with van der Waals surface area (Å²) in [5.41, 5.74) is 5.95. The molecule has 0 radical (unpaired) electrons. The number of nitrogens with two attached hydrogens (primary N) is 1. The lowest BCUT2D eigenvalue weighted by molar-refractivity contribution is 0.532. The zero-order chi connectivity index (χ0) is 15.8. The molecule has 6 nitrogen and oxygen atoms in total. The lowest BCUT2D eigenvalue weighted by Gasteiger charge is -2.09. The van der Waals surface area contributed by atoms with Gasteiger partial charge in [-0.1, -0.05) is 0 Å². The van der Waals surface area contributed by atoms with Gasteiger partial charge in [0.15, 0.2) is 5.82 Å². The van der Waals surface area contributed by atoms with Crippen molar-refractivity contribution >= 4 is 37.3 Å². The van der Waals surface area contributed by atoms with Crippen molar-refractivity contribution in [2.24, 2.45) is 0 Å². The van der Waals surface area contributed by atoms with Crippen LogP contribution in [-0.4, -0.2) is 18.2 Å². The highest BCUT2D eigenvalue weighted by molar-refractivity contribution is 9.10. The van der Waals surface area contributed by atoms with Crippen LogP contribution in [0.1, 0.15) is 19.9 Å². The summed E-state index contributed by atoms with van der Waals surface area (Å²) in [5, 5.41) is 4.01. The zero-order valence-electron chi connectivity index (χ0n) is 11.3. The predicted molar refractivity (Wildman–Crippen MR) is 81.9 cm³/mol. The number of hydrogen-bond donors (Lipinski definition) is 2. The average molecular weight is 377 g/mol. The molecular formula is C12H14BrFN4O2S. The van der Waals surface area contributed by atoms with Crippen LogP contribution in [0.5, 0.6) is 0 Å². The predicted octanol–water partition coefficient (Wildman–Crippen LogP) is 2.75. The molecule has 1 aromatic heterocycles. The number of rotatable bonds is 4. The molecule has 0 aliphatic carbocycles. The van der Waals surface area contributed by atoms with Crippen molar-refractivity contribution in [2.45, 2.75) is 24.8 Å². The third kappa shape index (κ3) is 3.35. The molecule has 0 spiro atoms. The fraction of sp³-hybridized carbons (Fsp3) is 0.250. The number of nitrogens with one attached hydrogen (secondary N) is 1. The maximum absolute atomic E-state index is 14.0. The number of aromatic nitrogens is 2. The van der Waals surface area contributed by atoms with Crippen molar-refractivity contribution in [1.82, 2.24) is 9.78 Å². The zero-order valence-corrected chi connectivity index (χ0v) is 13.7. The van der Waals surface area contributed by atoms with Crippen molar-refractivity contribution in [3.05, 3.63) is 34.8 Å². The van der Waals surface area contributed by atoms with E-state index in [1.165, 1.54) is 18.5 Å². The molecule has 0 atom stereocenters. The first-order valence-electron chi connectivity index (χ1n) is 6.02. The molecule has 0 aliphatic heterocycles. The Labute approximate surface area is 130 Å². The van der Waals surface area contributed by atoms with E-state index in [1.807, 2.05) is 13.8 Å². The van der Waals surface area contributed by atoms with E-state index >= 15 is 0 Å². The van der Waals surface area contributed by atoms with Gasteiger partial charge in [-0.05, 0) is 41.9 Å². The first-order valence-corrected chi connectivity index (χ1v) is 8.30. The van der Waals surface area contributed by atoms with E-state index < -0.39 is 20.7 Å². The first kappa shape index (κ1) is 15.8. The Balaban J connectivity index is 2.38. The summed E-state index contributed by atoms with van der Waals surface area (Å²) in [5.74, 6) is -0.895. The van der Waals surface area contributed by atoms with Crippen LogP contribution in [0.3, 0.4) is 0 Å². The summed E-state index contributed by atoms with van der Waals surface area (Å²) >= 11 is 2.93. The molecule has 0 aliphatic rings. The second kappa shape index (κ2) is 5.64. The van der Waals surface area contributed by atoms with Crippen molar-refractivity contribution in [3.8, 4) is 0 Å². The Bertz CT molecular complexity index is 774. The highest BCUT2D eigenvalue weighted by atomic mass is 79.9. The standard InChI is InChI=1S/C12H14BrFN4O2S/c1-7(2)18-6-9(5-16-18)17-21(19,20)11-4-8(15)3-10(13)12(11)14/h3-7,17H,15H2,1-2H3. The van der Waals surface area contributed by atoms with E-state index in [0.717, 1.165) is 6.07 Å². The van der Waals surface area contributed by atoms with Crippen molar-refractivity contribution < 1.29 is 12.8 Å². The topological polar surface area (TPSA) is 90.0 Å². The smallest absolute Gasteiger partial charge is 0.265 e. The van der Waals surface area contributed by atoms with E-state index in [1.54, 1.807) is 4.68 Å². The second-order valence-electron chi connectivity index (χ2n) is 4.72. The quantitative estimate of drug-likeness (QED) is 0.802. The van der Waals surface area contributed by atoms with Gasteiger partial charge >= 0.3 is 0 Å². The van der Waals surface area contributed by atoms with Gasteiger partial charge in [0.25, 0.3) is 10.0 Å². The molecule has 0 fully saturated rings. The van der Waals surface area contributed by atoms with Gasteiger partial charge in [0.05, 0.1) is 16.4 Å². The van der Waals surface area contributed by atoms with Gasteiger partial charge < -0.3 is 5.73 Å². The maximum atomic E-state index is 14.0. The molecule has 114 valence electrons. The number of anilines is 2. The number of sulfonamides is 1. The van der Waals surface area contributed by atoms with E-state index in [-0.39, 0.29) is 21.9 Å². The third-order valence-electron chi connectivity index (χ3n) is 2.69. The van der Waals surface area contributed by atoms with Gasteiger partial charge in [-0.3, -0.25) is 9.40 Å². The molecule has 3 N–H and O–H groups in total. The Morgan fingerprint density at radius 1 is 1.43 bits per heavy atom. The van der Waals surface area contributed by atoms with Crippen molar-refractivity contribution in [1.29, 1.82) is 0 Å². The molecule has 21 heavy (non-hydrogen) atoms. The van der Waals surface area contributed by atoms with Crippen LogP contribution in [0.2, 0.25) is 0 Å². The molecule has 0 amide bonds. The van der Waals surface area contributed by atoms with Gasteiger partial charge in [0, 0.05) is 17.9 Å². The fourth-order valence-electron chi connectivity index (χ4n) is 1.66. The van der Waals surface area contributed by atoms with Crippen LogP contribution in [0.15, 0.2) is 33.9 Å².